The van der Waals surface area contributed by atoms with E-state index in [1.165, 1.54) is 5.69 Å². The minimum atomic E-state index is 0.0868. The van der Waals surface area contributed by atoms with Crippen molar-refractivity contribution < 1.29 is 9.53 Å². The van der Waals surface area contributed by atoms with Crippen molar-refractivity contribution in [1.82, 2.24) is 24.6 Å². The first-order chi connectivity index (χ1) is 13.2. The van der Waals surface area contributed by atoms with Crippen LogP contribution in [0.15, 0.2) is 30.7 Å². The van der Waals surface area contributed by atoms with E-state index in [0.717, 1.165) is 34.0 Å². The number of amides is 1. The van der Waals surface area contributed by atoms with Crippen LogP contribution in [-0.2, 0) is 26.1 Å². The molecule has 3 aromatic heterocycles. The number of hydrogen-bond donors (Lipinski definition) is 0. The average Bonchev–Trinajstić information content (AvgIpc) is 3.29. The summed E-state index contributed by atoms with van der Waals surface area (Å²) in [5.74, 6) is 0.555. The van der Waals surface area contributed by atoms with Crippen molar-refractivity contribution in [3.63, 3.8) is 0 Å². The summed E-state index contributed by atoms with van der Waals surface area (Å²) in [4.78, 5) is 24.8. The molecule has 8 heteroatoms. The minimum absolute atomic E-state index is 0.0868. The number of carbonyl (C=O) groups excluding carboxylic acids is 1. The summed E-state index contributed by atoms with van der Waals surface area (Å²) < 4.78 is 7.76. The van der Waals surface area contributed by atoms with Gasteiger partial charge in [0.1, 0.15) is 12.3 Å². The van der Waals surface area contributed by atoms with Crippen molar-refractivity contribution in [1.29, 1.82) is 0 Å². The van der Waals surface area contributed by atoms with E-state index in [1.54, 1.807) is 29.9 Å². The molecule has 140 valence electrons. The number of aromatic nitrogens is 4. The van der Waals surface area contributed by atoms with E-state index in [4.69, 9.17) is 9.84 Å². The summed E-state index contributed by atoms with van der Waals surface area (Å²) in [6.07, 6.45) is 5.59. The second-order valence-corrected chi connectivity index (χ2v) is 7.69. The molecule has 1 aliphatic rings. The summed E-state index contributed by atoms with van der Waals surface area (Å²) >= 11 is 1.54. The fraction of sp³-hybridized carbons (Fsp3) is 0.368. The lowest BCUT2D eigenvalue weighted by atomic mass is 10.0. The number of nitrogens with zero attached hydrogens (tertiary/aromatic N) is 5. The Labute approximate surface area is 161 Å². The van der Waals surface area contributed by atoms with Crippen molar-refractivity contribution in [2.75, 3.05) is 6.54 Å². The Kier molecular flexibility index (Phi) is 4.89. The fourth-order valence-corrected chi connectivity index (χ4v) is 4.16. The van der Waals surface area contributed by atoms with E-state index < -0.39 is 0 Å². The molecule has 27 heavy (non-hydrogen) atoms. The Morgan fingerprint density at radius 2 is 2.22 bits per heavy atom. The second kappa shape index (κ2) is 7.48. The molecule has 0 bridgehead atoms. The van der Waals surface area contributed by atoms with Crippen molar-refractivity contribution in [2.24, 2.45) is 0 Å². The largest absolute Gasteiger partial charge is 0.470 e. The van der Waals surface area contributed by atoms with Gasteiger partial charge in [0.15, 0.2) is 0 Å². The zero-order valence-corrected chi connectivity index (χ0v) is 16.2. The Morgan fingerprint density at radius 3 is 2.93 bits per heavy atom. The van der Waals surface area contributed by atoms with Gasteiger partial charge >= 0.3 is 0 Å². The van der Waals surface area contributed by atoms with Crippen molar-refractivity contribution in [2.45, 2.75) is 40.0 Å². The van der Waals surface area contributed by atoms with Crippen molar-refractivity contribution in [3.8, 4) is 5.88 Å². The Bertz CT molecular complexity index is 950. The molecule has 0 atom stereocenters. The van der Waals surface area contributed by atoms with Gasteiger partial charge in [0.05, 0.1) is 11.1 Å². The van der Waals surface area contributed by atoms with Crippen LogP contribution < -0.4 is 4.74 Å². The van der Waals surface area contributed by atoms with Gasteiger partial charge in [-0.3, -0.25) is 14.5 Å². The molecule has 0 fully saturated rings. The number of carbonyl (C=O) groups is 1. The van der Waals surface area contributed by atoms with Crippen LogP contribution in [0.3, 0.4) is 0 Å². The van der Waals surface area contributed by atoms with Gasteiger partial charge in [-0.15, -0.1) is 11.3 Å². The van der Waals surface area contributed by atoms with E-state index in [2.05, 4.69) is 16.9 Å². The first-order valence-electron chi connectivity index (χ1n) is 8.97. The zero-order chi connectivity index (χ0) is 18.8. The Hall–Kier alpha value is -2.74. The predicted octanol–water partition coefficient (Wildman–Crippen LogP) is 2.84. The fourth-order valence-electron chi connectivity index (χ4n) is 3.32. The number of fused-ring (bicyclic) bond motifs is 1. The molecule has 7 nitrogen and oxygen atoms in total. The average molecular weight is 383 g/mol. The zero-order valence-electron chi connectivity index (χ0n) is 15.4. The molecule has 0 aromatic carbocycles. The quantitative estimate of drug-likeness (QED) is 0.677. The van der Waals surface area contributed by atoms with Crippen molar-refractivity contribution in [3.05, 3.63) is 57.4 Å². The van der Waals surface area contributed by atoms with Crippen LogP contribution in [0.2, 0.25) is 0 Å². The van der Waals surface area contributed by atoms with Gasteiger partial charge in [-0.05, 0) is 26.0 Å². The van der Waals surface area contributed by atoms with E-state index >= 15 is 0 Å². The third kappa shape index (κ3) is 3.57. The molecule has 0 saturated carbocycles. The number of ether oxygens (including phenoxy) is 1. The maximum Gasteiger partial charge on any atom is 0.264 e. The number of rotatable bonds is 5. The topological polar surface area (TPSA) is 73.1 Å². The van der Waals surface area contributed by atoms with Crippen LogP contribution >= 0.6 is 11.3 Å². The molecule has 0 N–H and O–H groups in total. The summed E-state index contributed by atoms with van der Waals surface area (Å²) in [6, 6.07) is 3.90. The van der Waals surface area contributed by atoms with Crippen LogP contribution in [-0.4, -0.2) is 37.1 Å². The van der Waals surface area contributed by atoms with Crippen LogP contribution in [0.5, 0.6) is 5.88 Å². The highest BCUT2D eigenvalue weighted by Gasteiger charge is 2.28. The predicted molar refractivity (Wildman–Crippen MR) is 102 cm³/mol. The van der Waals surface area contributed by atoms with Crippen LogP contribution in [0.25, 0.3) is 0 Å². The second-order valence-electron chi connectivity index (χ2n) is 6.41. The standard InChI is InChI=1S/C19H21N5O2S/c1-3-24-16-6-9-23(19(25)17-5-4-13(2)27-17)11-14(16)15(22-24)12-26-18-10-20-7-8-21-18/h4-5,7-8,10H,3,6,9,11-12H2,1-2H3. The normalized spacial score (nSPS) is 13.5. The van der Waals surface area contributed by atoms with Crippen molar-refractivity contribution >= 4 is 17.2 Å². The maximum absolute atomic E-state index is 12.8. The first-order valence-corrected chi connectivity index (χ1v) is 9.79. The molecule has 0 aliphatic carbocycles. The molecule has 4 heterocycles. The molecule has 0 saturated heterocycles. The van der Waals surface area contributed by atoms with Gasteiger partial charge in [-0.2, -0.15) is 5.10 Å². The maximum atomic E-state index is 12.8. The van der Waals surface area contributed by atoms with Gasteiger partial charge in [-0.25, -0.2) is 4.98 Å². The summed E-state index contributed by atoms with van der Waals surface area (Å²) in [7, 11) is 0. The molecule has 1 amide bonds. The Balaban J connectivity index is 1.55. The number of thiophene rings is 1. The molecule has 0 unspecified atom stereocenters. The van der Waals surface area contributed by atoms with Gasteiger partial charge in [0.25, 0.3) is 5.91 Å². The summed E-state index contributed by atoms with van der Waals surface area (Å²) in [5, 5.41) is 4.70. The molecule has 4 rings (SSSR count). The van der Waals surface area contributed by atoms with E-state index in [0.29, 0.717) is 25.6 Å². The van der Waals surface area contributed by atoms with Gasteiger partial charge in [-0.1, -0.05) is 0 Å². The monoisotopic (exact) mass is 383 g/mol. The lowest BCUT2D eigenvalue weighted by Crippen LogP contribution is -2.36. The lowest BCUT2D eigenvalue weighted by molar-refractivity contribution is 0.0737. The van der Waals surface area contributed by atoms with Crippen LogP contribution in [0, 0.1) is 6.92 Å². The molecule has 3 aromatic rings. The number of aryl methyl sites for hydroxylation is 2. The SMILES string of the molecule is CCn1nc(COc2cnccn2)c2c1CCN(C(=O)c1ccc(C)s1)C2. The molecule has 0 spiro atoms. The third-order valence-electron chi connectivity index (χ3n) is 4.65. The summed E-state index contributed by atoms with van der Waals surface area (Å²) in [5.41, 5.74) is 3.15. The molecular formula is C19H21N5O2S. The van der Waals surface area contributed by atoms with Crippen LogP contribution in [0.4, 0.5) is 0 Å². The minimum Gasteiger partial charge on any atom is -0.470 e. The van der Waals surface area contributed by atoms with E-state index in [-0.39, 0.29) is 5.91 Å². The molecule has 0 radical (unpaired) electrons. The van der Waals surface area contributed by atoms with Crippen LogP contribution in [0.1, 0.15) is 38.4 Å². The first kappa shape index (κ1) is 17.7. The summed E-state index contributed by atoms with van der Waals surface area (Å²) in [6.45, 7) is 6.47. The highest BCUT2D eigenvalue weighted by molar-refractivity contribution is 7.13. The van der Waals surface area contributed by atoms with Gasteiger partial charge in [0, 0.05) is 54.6 Å². The third-order valence-corrected chi connectivity index (χ3v) is 5.64. The molecular weight excluding hydrogens is 362 g/mol. The molecule has 1 aliphatic heterocycles. The lowest BCUT2D eigenvalue weighted by Gasteiger charge is -2.27. The smallest absolute Gasteiger partial charge is 0.264 e. The van der Waals surface area contributed by atoms with Gasteiger partial charge < -0.3 is 9.64 Å². The number of hydrogen-bond acceptors (Lipinski definition) is 6. The van der Waals surface area contributed by atoms with E-state index in [1.807, 2.05) is 28.6 Å². The highest BCUT2D eigenvalue weighted by atomic mass is 32.1. The highest BCUT2D eigenvalue weighted by Crippen LogP contribution is 2.26. The van der Waals surface area contributed by atoms with E-state index in [9.17, 15) is 4.79 Å². The Morgan fingerprint density at radius 1 is 1.33 bits per heavy atom. The van der Waals surface area contributed by atoms with Gasteiger partial charge in [0.2, 0.25) is 5.88 Å².